The van der Waals surface area contributed by atoms with Crippen molar-refractivity contribution in [2.24, 2.45) is 5.92 Å². The minimum absolute atomic E-state index is 0.0773. The molecule has 2 aromatic heterocycles. The average Bonchev–Trinajstić information content (AvgIpc) is 3.55. The minimum atomic E-state index is -2.73. The van der Waals surface area contributed by atoms with Crippen molar-refractivity contribution in [1.29, 1.82) is 0 Å². The third-order valence-electron chi connectivity index (χ3n) is 4.82. The zero-order valence-electron chi connectivity index (χ0n) is 20.4. The topological polar surface area (TPSA) is 144 Å². The maximum Gasteiger partial charge on any atom is 0.273 e. The summed E-state index contributed by atoms with van der Waals surface area (Å²) >= 11 is 0. The standard InChI is InChI=1S/C21H23N7O4/c1-4-16-25-19(28-32-16)12-6-5-7-13(18(12)31-3)23-14-10-15(24-20(29)11-8-9-11)26-27-17(14)21(30)22-2/h5-7,10-11H,4,8-9H2,1-3H3,(H,22,30)(H2,23,24,26,29)/i2D3. The Morgan fingerprint density at radius 3 is 2.81 bits per heavy atom. The van der Waals surface area contributed by atoms with E-state index in [0.29, 0.717) is 35.1 Å². The van der Waals surface area contributed by atoms with Crippen molar-refractivity contribution in [3.8, 4) is 17.1 Å². The first-order chi connectivity index (χ1) is 16.7. The highest BCUT2D eigenvalue weighted by Gasteiger charge is 2.30. The van der Waals surface area contributed by atoms with E-state index in [1.54, 1.807) is 18.2 Å². The van der Waals surface area contributed by atoms with E-state index in [9.17, 15) is 9.59 Å². The molecule has 0 bridgehead atoms. The SMILES string of the molecule is [2H]C([2H])([2H])NC(=O)c1nnc(NC(=O)C2CC2)cc1Nc1cccc(-c2noc(CC)n2)c1OC. The van der Waals surface area contributed by atoms with Gasteiger partial charge in [-0.2, -0.15) is 4.98 Å². The Kier molecular flexibility index (Phi) is 4.96. The molecule has 2 amide bonds. The lowest BCUT2D eigenvalue weighted by atomic mass is 10.1. The molecule has 1 fully saturated rings. The molecule has 1 aliphatic carbocycles. The van der Waals surface area contributed by atoms with Gasteiger partial charge >= 0.3 is 0 Å². The van der Waals surface area contributed by atoms with E-state index in [1.807, 2.05) is 12.2 Å². The largest absolute Gasteiger partial charge is 0.494 e. The van der Waals surface area contributed by atoms with E-state index in [1.165, 1.54) is 13.2 Å². The van der Waals surface area contributed by atoms with Crippen molar-refractivity contribution in [3.63, 3.8) is 0 Å². The number of carbonyl (C=O) groups excluding carboxylic acids is 2. The summed E-state index contributed by atoms with van der Waals surface area (Å²) in [6.45, 7) is -0.851. The van der Waals surface area contributed by atoms with Crippen LogP contribution in [0.15, 0.2) is 28.8 Å². The molecule has 0 radical (unpaired) electrons. The monoisotopic (exact) mass is 440 g/mol. The fourth-order valence-corrected chi connectivity index (χ4v) is 3.03. The molecule has 11 heteroatoms. The summed E-state index contributed by atoms with van der Waals surface area (Å²) in [5.74, 6) is -0.0265. The van der Waals surface area contributed by atoms with Crippen molar-refractivity contribution in [1.82, 2.24) is 25.7 Å². The highest BCUT2D eigenvalue weighted by Crippen LogP contribution is 2.37. The van der Waals surface area contributed by atoms with Gasteiger partial charge in [-0.15, -0.1) is 10.2 Å². The molecule has 1 aliphatic rings. The zero-order chi connectivity index (χ0) is 25.2. The number of nitrogens with one attached hydrogen (secondary N) is 3. The average molecular weight is 440 g/mol. The van der Waals surface area contributed by atoms with Crippen LogP contribution in [-0.4, -0.2) is 46.2 Å². The number of benzene rings is 1. The number of ether oxygens (including phenoxy) is 1. The van der Waals surface area contributed by atoms with Crippen molar-refractivity contribution >= 4 is 29.0 Å². The van der Waals surface area contributed by atoms with E-state index in [0.717, 1.165) is 12.8 Å². The summed E-state index contributed by atoms with van der Waals surface area (Å²) in [5.41, 5.74) is 0.749. The third kappa shape index (κ3) is 4.36. The number of carbonyl (C=O) groups is 2. The molecule has 0 unspecified atom stereocenters. The van der Waals surface area contributed by atoms with E-state index in [-0.39, 0.29) is 29.0 Å². The van der Waals surface area contributed by atoms with E-state index < -0.39 is 12.9 Å². The molecule has 1 aromatic carbocycles. The van der Waals surface area contributed by atoms with Crippen molar-refractivity contribution < 1.29 is 23.0 Å². The predicted octanol–water partition coefficient (Wildman–Crippen LogP) is 2.55. The Morgan fingerprint density at radius 1 is 1.28 bits per heavy atom. The highest BCUT2D eigenvalue weighted by atomic mass is 16.5. The Balaban J connectivity index is 1.72. The van der Waals surface area contributed by atoms with E-state index in [2.05, 4.69) is 31.0 Å². The molecule has 166 valence electrons. The summed E-state index contributed by atoms with van der Waals surface area (Å²) in [5, 5.41) is 19.3. The van der Waals surface area contributed by atoms with Crippen LogP contribution in [0.2, 0.25) is 0 Å². The highest BCUT2D eigenvalue weighted by molar-refractivity contribution is 6.00. The molecule has 3 N–H and O–H groups in total. The van der Waals surface area contributed by atoms with E-state index >= 15 is 0 Å². The predicted molar refractivity (Wildman–Crippen MR) is 116 cm³/mol. The Hall–Kier alpha value is -4.02. The summed E-state index contributed by atoms with van der Waals surface area (Å²) in [6.07, 6.45) is 2.15. The smallest absolute Gasteiger partial charge is 0.273 e. The molecule has 11 nitrogen and oxygen atoms in total. The second kappa shape index (κ2) is 9.00. The van der Waals surface area contributed by atoms with Gasteiger partial charge in [0.25, 0.3) is 5.91 Å². The minimum Gasteiger partial charge on any atom is -0.494 e. The molecular formula is C21H23N7O4. The maximum absolute atomic E-state index is 12.6. The number of amides is 2. The Morgan fingerprint density at radius 2 is 2.12 bits per heavy atom. The molecular weight excluding hydrogens is 414 g/mol. The van der Waals surface area contributed by atoms with Crippen LogP contribution in [0.1, 0.15) is 40.3 Å². The molecule has 2 heterocycles. The Labute approximate surface area is 188 Å². The lowest BCUT2D eigenvalue weighted by Gasteiger charge is -2.16. The van der Waals surface area contributed by atoms with Crippen molar-refractivity contribution in [2.45, 2.75) is 26.2 Å². The van der Waals surface area contributed by atoms with Crippen LogP contribution in [0.4, 0.5) is 17.2 Å². The molecule has 4 rings (SSSR count). The van der Waals surface area contributed by atoms with Crippen LogP contribution < -0.4 is 20.7 Å². The molecule has 0 aliphatic heterocycles. The van der Waals surface area contributed by atoms with Gasteiger partial charge in [-0.25, -0.2) is 0 Å². The second-order valence-electron chi connectivity index (χ2n) is 7.09. The first-order valence-corrected chi connectivity index (χ1v) is 9.96. The summed E-state index contributed by atoms with van der Waals surface area (Å²) in [4.78, 5) is 29.1. The van der Waals surface area contributed by atoms with Gasteiger partial charge in [0.05, 0.1) is 24.0 Å². The zero-order valence-corrected chi connectivity index (χ0v) is 17.4. The van der Waals surface area contributed by atoms with Crippen LogP contribution >= 0.6 is 0 Å². The van der Waals surface area contributed by atoms with Crippen LogP contribution in [0.3, 0.4) is 0 Å². The number of anilines is 3. The second-order valence-corrected chi connectivity index (χ2v) is 7.09. The van der Waals surface area contributed by atoms with Gasteiger partial charge in [-0.3, -0.25) is 9.59 Å². The van der Waals surface area contributed by atoms with Gasteiger partial charge in [0.1, 0.15) is 0 Å². The fourth-order valence-electron chi connectivity index (χ4n) is 3.03. The third-order valence-corrected chi connectivity index (χ3v) is 4.82. The summed E-state index contributed by atoms with van der Waals surface area (Å²) in [6, 6.07) is 6.53. The lowest BCUT2D eigenvalue weighted by Crippen LogP contribution is -2.22. The number of hydrogen-bond donors (Lipinski definition) is 3. The van der Waals surface area contributed by atoms with Crippen LogP contribution in [0.25, 0.3) is 11.4 Å². The van der Waals surface area contributed by atoms with Gasteiger partial charge in [0, 0.05) is 29.5 Å². The van der Waals surface area contributed by atoms with Gasteiger partial charge in [0.2, 0.25) is 17.6 Å². The number of rotatable bonds is 8. The van der Waals surface area contributed by atoms with Crippen LogP contribution in [-0.2, 0) is 11.2 Å². The summed E-state index contributed by atoms with van der Waals surface area (Å²) < 4.78 is 32.8. The number of aromatic nitrogens is 4. The first-order valence-electron chi connectivity index (χ1n) is 11.5. The van der Waals surface area contributed by atoms with E-state index in [4.69, 9.17) is 13.4 Å². The van der Waals surface area contributed by atoms with Crippen molar-refractivity contribution in [3.05, 3.63) is 35.9 Å². The van der Waals surface area contributed by atoms with Gasteiger partial charge in [0.15, 0.2) is 17.3 Å². The quantitative estimate of drug-likeness (QED) is 0.481. The van der Waals surface area contributed by atoms with Crippen molar-refractivity contribution in [2.75, 3.05) is 24.7 Å². The maximum atomic E-state index is 12.6. The molecule has 32 heavy (non-hydrogen) atoms. The number of nitrogens with zero attached hydrogens (tertiary/aromatic N) is 4. The molecule has 3 aromatic rings. The number of hydrogen-bond acceptors (Lipinski definition) is 9. The molecule has 1 saturated carbocycles. The molecule has 0 spiro atoms. The van der Waals surface area contributed by atoms with Gasteiger partial charge in [-0.05, 0) is 25.0 Å². The first kappa shape index (κ1) is 17.6. The number of para-hydroxylation sites is 1. The Bertz CT molecular complexity index is 1260. The number of aryl methyl sites for hydroxylation is 1. The normalized spacial score (nSPS) is 14.6. The number of methoxy groups -OCH3 is 1. The van der Waals surface area contributed by atoms with Crippen LogP contribution in [0.5, 0.6) is 5.75 Å². The van der Waals surface area contributed by atoms with Gasteiger partial charge < -0.3 is 25.2 Å². The van der Waals surface area contributed by atoms with Crippen LogP contribution in [0, 0.1) is 5.92 Å². The van der Waals surface area contributed by atoms with Gasteiger partial charge in [-0.1, -0.05) is 18.1 Å². The lowest BCUT2D eigenvalue weighted by molar-refractivity contribution is -0.117. The molecule has 0 saturated heterocycles. The fraction of sp³-hybridized carbons (Fsp3) is 0.333. The molecule has 0 atom stereocenters. The summed E-state index contributed by atoms with van der Waals surface area (Å²) in [7, 11) is 1.46.